The number of halogens is 1. The fourth-order valence-corrected chi connectivity index (χ4v) is 2.32. The van der Waals surface area contributed by atoms with E-state index in [0.29, 0.717) is 0 Å². The molecule has 0 aliphatic carbocycles. The molecule has 17 heavy (non-hydrogen) atoms. The predicted octanol–water partition coefficient (Wildman–Crippen LogP) is 3.85. The summed E-state index contributed by atoms with van der Waals surface area (Å²) in [6.07, 6.45) is 1.91. The molecule has 0 spiro atoms. The number of hydrogen-bond acceptors (Lipinski definition) is 1. The molecule has 0 bridgehead atoms. The maximum absolute atomic E-state index is 4.43. The van der Waals surface area contributed by atoms with E-state index in [2.05, 4.69) is 57.4 Å². The van der Waals surface area contributed by atoms with Crippen LogP contribution in [0.25, 0.3) is 10.9 Å². The van der Waals surface area contributed by atoms with Crippen molar-refractivity contribution in [2.24, 2.45) is 0 Å². The molecule has 0 N–H and O–H groups in total. The van der Waals surface area contributed by atoms with Crippen LogP contribution in [0.5, 0.6) is 0 Å². The van der Waals surface area contributed by atoms with Crippen LogP contribution >= 0.6 is 15.9 Å². The zero-order valence-electron chi connectivity index (χ0n) is 9.18. The van der Waals surface area contributed by atoms with Crippen molar-refractivity contribution in [1.29, 1.82) is 0 Å². The van der Waals surface area contributed by atoms with E-state index in [4.69, 9.17) is 0 Å². The van der Waals surface area contributed by atoms with Gasteiger partial charge in [0.05, 0.1) is 18.3 Å². The van der Waals surface area contributed by atoms with Crippen LogP contribution < -0.4 is 0 Å². The Labute approximate surface area is 108 Å². The van der Waals surface area contributed by atoms with Crippen LogP contribution in [0.4, 0.5) is 0 Å². The number of benzene rings is 2. The monoisotopic (exact) mass is 286 g/mol. The fourth-order valence-electron chi connectivity index (χ4n) is 1.94. The molecule has 3 aromatic rings. The summed E-state index contributed by atoms with van der Waals surface area (Å²) in [6, 6.07) is 16.6. The zero-order valence-corrected chi connectivity index (χ0v) is 10.8. The second-order valence-corrected chi connectivity index (χ2v) is 4.91. The molecular weight excluding hydrogens is 276 g/mol. The molecule has 0 saturated carbocycles. The topological polar surface area (TPSA) is 17.8 Å². The van der Waals surface area contributed by atoms with Gasteiger partial charge in [0.1, 0.15) is 0 Å². The van der Waals surface area contributed by atoms with Gasteiger partial charge in [-0.2, -0.15) is 5.10 Å². The van der Waals surface area contributed by atoms with Crippen molar-refractivity contribution in [2.45, 2.75) is 6.54 Å². The van der Waals surface area contributed by atoms with E-state index in [1.54, 1.807) is 0 Å². The van der Waals surface area contributed by atoms with Gasteiger partial charge in [0.2, 0.25) is 0 Å². The lowest BCUT2D eigenvalue weighted by atomic mass is 10.2. The van der Waals surface area contributed by atoms with Crippen LogP contribution in [-0.4, -0.2) is 9.78 Å². The van der Waals surface area contributed by atoms with E-state index >= 15 is 0 Å². The summed E-state index contributed by atoms with van der Waals surface area (Å²) in [6.45, 7) is 0.811. The predicted molar refractivity (Wildman–Crippen MR) is 73.0 cm³/mol. The maximum Gasteiger partial charge on any atom is 0.0687 e. The van der Waals surface area contributed by atoms with Gasteiger partial charge in [-0.25, -0.2) is 0 Å². The smallest absolute Gasteiger partial charge is 0.0687 e. The van der Waals surface area contributed by atoms with Gasteiger partial charge in [-0.1, -0.05) is 46.3 Å². The van der Waals surface area contributed by atoms with E-state index in [1.807, 2.05) is 23.0 Å². The van der Waals surface area contributed by atoms with Crippen LogP contribution in [0.15, 0.2) is 59.2 Å². The molecule has 1 aromatic heterocycles. The molecule has 0 saturated heterocycles. The molecule has 3 rings (SSSR count). The van der Waals surface area contributed by atoms with Gasteiger partial charge in [0.15, 0.2) is 0 Å². The maximum atomic E-state index is 4.43. The summed E-state index contributed by atoms with van der Waals surface area (Å²) in [7, 11) is 0. The highest BCUT2D eigenvalue weighted by Crippen LogP contribution is 2.20. The Morgan fingerprint density at radius 1 is 1.06 bits per heavy atom. The Morgan fingerprint density at radius 3 is 2.71 bits per heavy atom. The third kappa shape index (κ3) is 2.11. The van der Waals surface area contributed by atoms with Crippen molar-refractivity contribution in [3.63, 3.8) is 0 Å². The minimum absolute atomic E-state index is 0.811. The molecule has 0 aliphatic rings. The van der Waals surface area contributed by atoms with Gasteiger partial charge >= 0.3 is 0 Å². The van der Waals surface area contributed by atoms with Crippen LogP contribution in [-0.2, 0) is 6.54 Å². The standard InChI is InChI=1S/C14H11BrN2/c15-13-6-7-14-12(8-13)9-16-17(14)10-11-4-2-1-3-5-11/h1-9H,10H2. The van der Waals surface area contributed by atoms with Gasteiger partial charge < -0.3 is 0 Å². The lowest BCUT2D eigenvalue weighted by Crippen LogP contribution is -2.00. The first-order valence-electron chi connectivity index (χ1n) is 5.48. The summed E-state index contributed by atoms with van der Waals surface area (Å²) in [5.74, 6) is 0. The number of nitrogens with zero attached hydrogens (tertiary/aromatic N) is 2. The molecule has 84 valence electrons. The van der Waals surface area contributed by atoms with Crippen LogP contribution in [0.1, 0.15) is 5.56 Å². The Kier molecular flexibility index (Phi) is 2.69. The molecule has 0 aliphatic heterocycles. The van der Waals surface area contributed by atoms with Crippen LogP contribution in [0, 0.1) is 0 Å². The Morgan fingerprint density at radius 2 is 1.88 bits per heavy atom. The van der Waals surface area contributed by atoms with Crippen molar-refractivity contribution in [2.75, 3.05) is 0 Å². The van der Waals surface area contributed by atoms with Crippen molar-refractivity contribution >= 4 is 26.8 Å². The van der Waals surface area contributed by atoms with E-state index in [0.717, 1.165) is 21.9 Å². The summed E-state index contributed by atoms with van der Waals surface area (Å²) in [5, 5.41) is 5.59. The highest BCUT2D eigenvalue weighted by atomic mass is 79.9. The first kappa shape index (κ1) is 10.5. The second-order valence-electron chi connectivity index (χ2n) is 3.99. The van der Waals surface area contributed by atoms with Crippen LogP contribution in [0.2, 0.25) is 0 Å². The highest BCUT2D eigenvalue weighted by molar-refractivity contribution is 9.10. The number of hydrogen-bond donors (Lipinski definition) is 0. The molecule has 0 amide bonds. The number of rotatable bonds is 2. The SMILES string of the molecule is Brc1ccc2c(cnn2Cc2ccccc2)c1. The van der Waals surface area contributed by atoms with Crippen molar-refractivity contribution < 1.29 is 0 Å². The average Bonchev–Trinajstić information content (AvgIpc) is 2.73. The highest BCUT2D eigenvalue weighted by Gasteiger charge is 2.03. The molecule has 0 radical (unpaired) electrons. The molecular formula is C14H11BrN2. The number of aromatic nitrogens is 2. The summed E-state index contributed by atoms with van der Waals surface area (Å²) < 4.78 is 3.11. The van der Waals surface area contributed by atoms with Gasteiger partial charge in [-0.05, 0) is 23.8 Å². The molecule has 0 fully saturated rings. The van der Waals surface area contributed by atoms with Gasteiger partial charge in [0, 0.05) is 9.86 Å². The third-order valence-corrected chi connectivity index (χ3v) is 3.27. The van der Waals surface area contributed by atoms with Crippen molar-refractivity contribution in [3.8, 4) is 0 Å². The Balaban J connectivity index is 2.01. The molecule has 0 atom stereocenters. The fraction of sp³-hybridized carbons (Fsp3) is 0.0714. The van der Waals surface area contributed by atoms with Crippen molar-refractivity contribution in [3.05, 3.63) is 64.8 Å². The van der Waals surface area contributed by atoms with E-state index in [-0.39, 0.29) is 0 Å². The lowest BCUT2D eigenvalue weighted by molar-refractivity contribution is 0.712. The van der Waals surface area contributed by atoms with E-state index in [9.17, 15) is 0 Å². The van der Waals surface area contributed by atoms with Gasteiger partial charge in [-0.15, -0.1) is 0 Å². The second kappa shape index (κ2) is 4.34. The Hall–Kier alpha value is -1.61. The largest absolute Gasteiger partial charge is 0.260 e. The quantitative estimate of drug-likeness (QED) is 0.700. The summed E-state index contributed by atoms with van der Waals surface area (Å²) >= 11 is 3.47. The lowest BCUT2D eigenvalue weighted by Gasteiger charge is -2.03. The van der Waals surface area contributed by atoms with E-state index < -0.39 is 0 Å². The van der Waals surface area contributed by atoms with Gasteiger partial charge in [-0.3, -0.25) is 4.68 Å². The minimum Gasteiger partial charge on any atom is -0.260 e. The minimum atomic E-state index is 0.811. The normalized spacial score (nSPS) is 10.9. The van der Waals surface area contributed by atoms with Crippen LogP contribution in [0.3, 0.4) is 0 Å². The number of fused-ring (bicyclic) bond motifs is 1. The Bertz CT molecular complexity index is 644. The van der Waals surface area contributed by atoms with Crippen molar-refractivity contribution in [1.82, 2.24) is 9.78 Å². The third-order valence-electron chi connectivity index (χ3n) is 2.78. The molecule has 0 unspecified atom stereocenters. The van der Waals surface area contributed by atoms with E-state index in [1.165, 1.54) is 5.56 Å². The van der Waals surface area contributed by atoms with Gasteiger partial charge in [0.25, 0.3) is 0 Å². The average molecular weight is 287 g/mol. The first-order valence-corrected chi connectivity index (χ1v) is 6.27. The summed E-state index contributed by atoms with van der Waals surface area (Å²) in [4.78, 5) is 0. The summed E-state index contributed by atoms with van der Waals surface area (Å²) in [5.41, 5.74) is 2.43. The molecule has 1 heterocycles. The molecule has 2 nitrogen and oxygen atoms in total. The zero-order chi connectivity index (χ0) is 11.7. The molecule has 2 aromatic carbocycles. The first-order chi connectivity index (χ1) is 8.33. The molecule has 3 heteroatoms.